The van der Waals surface area contributed by atoms with Crippen molar-refractivity contribution in [3.05, 3.63) is 53.6 Å². The molecule has 2 aromatic rings. The molecule has 0 heterocycles. The monoisotopic (exact) mass is 343 g/mol. The van der Waals surface area contributed by atoms with Crippen molar-refractivity contribution < 1.29 is 23.8 Å². The summed E-state index contributed by atoms with van der Waals surface area (Å²) in [6.45, 7) is 3.95. The quantitative estimate of drug-likeness (QED) is 0.782. The summed E-state index contributed by atoms with van der Waals surface area (Å²) in [5.41, 5.74) is 1.86. The number of anilines is 1. The maximum absolute atomic E-state index is 12.0. The molecule has 0 aromatic heterocycles. The molecular weight excluding hydrogens is 322 g/mol. The standard InChI is InChI=1S/C19H21NO5/c1-4-24-15-8-6-14(7-9-15)19(22)25-12-18(21)20-16-11-13(2)5-10-17(16)23-3/h5-11H,4,12H2,1-3H3,(H,20,21). The van der Waals surface area contributed by atoms with Crippen LogP contribution in [-0.2, 0) is 9.53 Å². The Balaban J connectivity index is 1.91. The topological polar surface area (TPSA) is 73.9 Å². The Morgan fingerprint density at radius 1 is 1.08 bits per heavy atom. The summed E-state index contributed by atoms with van der Waals surface area (Å²) in [7, 11) is 1.52. The number of aryl methyl sites for hydroxylation is 1. The van der Waals surface area contributed by atoms with E-state index in [9.17, 15) is 9.59 Å². The lowest BCUT2D eigenvalue weighted by Crippen LogP contribution is -2.21. The number of esters is 1. The first kappa shape index (κ1) is 18.3. The fraction of sp³-hybridized carbons (Fsp3) is 0.263. The molecule has 0 unspecified atom stereocenters. The fourth-order valence-corrected chi connectivity index (χ4v) is 2.17. The van der Waals surface area contributed by atoms with Crippen molar-refractivity contribution >= 4 is 17.6 Å². The first-order valence-electron chi connectivity index (χ1n) is 7.88. The van der Waals surface area contributed by atoms with Gasteiger partial charge in [-0.15, -0.1) is 0 Å². The fourth-order valence-electron chi connectivity index (χ4n) is 2.17. The van der Waals surface area contributed by atoms with Crippen LogP contribution in [0, 0.1) is 6.92 Å². The van der Waals surface area contributed by atoms with Gasteiger partial charge in [-0.3, -0.25) is 4.79 Å². The van der Waals surface area contributed by atoms with Crippen LogP contribution in [0.5, 0.6) is 11.5 Å². The number of carbonyl (C=O) groups is 2. The molecule has 25 heavy (non-hydrogen) atoms. The Morgan fingerprint density at radius 3 is 2.44 bits per heavy atom. The highest BCUT2D eigenvalue weighted by atomic mass is 16.5. The van der Waals surface area contributed by atoms with Crippen molar-refractivity contribution in [1.82, 2.24) is 0 Å². The molecule has 2 rings (SSSR count). The minimum Gasteiger partial charge on any atom is -0.495 e. The van der Waals surface area contributed by atoms with E-state index in [2.05, 4.69) is 5.32 Å². The molecule has 0 saturated heterocycles. The third-order valence-corrected chi connectivity index (χ3v) is 3.36. The highest BCUT2D eigenvalue weighted by Crippen LogP contribution is 2.25. The number of hydrogen-bond acceptors (Lipinski definition) is 5. The molecule has 0 aliphatic heterocycles. The Hall–Kier alpha value is -3.02. The molecular formula is C19H21NO5. The van der Waals surface area contributed by atoms with E-state index in [0.29, 0.717) is 29.4 Å². The predicted octanol–water partition coefficient (Wildman–Crippen LogP) is 3.20. The maximum Gasteiger partial charge on any atom is 0.338 e. The lowest BCUT2D eigenvalue weighted by molar-refractivity contribution is -0.119. The van der Waals surface area contributed by atoms with Gasteiger partial charge in [0, 0.05) is 0 Å². The van der Waals surface area contributed by atoms with Crippen LogP contribution < -0.4 is 14.8 Å². The van der Waals surface area contributed by atoms with E-state index in [0.717, 1.165) is 5.56 Å². The van der Waals surface area contributed by atoms with Gasteiger partial charge in [0.05, 0.1) is 25.0 Å². The summed E-state index contributed by atoms with van der Waals surface area (Å²) in [5, 5.41) is 2.67. The number of methoxy groups -OCH3 is 1. The van der Waals surface area contributed by atoms with E-state index in [1.165, 1.54) is 7.11 Å². The van der Waals surface area contributed by atoms with E-state index in [4.69, 9.17) is 14.2 Å². The smallest absolute Gasteiger partial charge is 0.338 e. The second-order valence-corrected chi connectivity index (χ2v) is 5.29. The van der Waals surface area contributed by atoms with Gasteiger partial charge in [-0.1, -0.05) is 6.07 Å². The van der Waals surface area contributed by atoms with E-state index in [1.807, 2.05) is 19.9 Å². The van der Waals surface area contributed by atoms with Crippen LogP contribution in [0.4, 0.5) is 5.69 Å². The summed E-state index contributed by atoms with van der Waals surface area (Å²) in [6, 6.07) is 12.0. The molecule has 0 spiro atoms. The summed E-state index contributed by atoms with van der Waals surface area (Å²) in [5.74, 6) is 0.192. The third kappa shape index (κ3) is 5.24. The van der Waals surface area contributed by atoms with Crippen LogP contribution in [0.3, 0.4) is 0 Å². The second-order valence-electron chi connectivity index (χ2n) is 5.29. The predicted molar refractivity (Wildman–Crippen MR) is 94.3 cm³/mol. The van der Waals surface area contributed by atoms with Crippen LogP contribution >= 0.6 is 0 Å². The van der Waals surface area contributed by atoms with E-state index < -0.39 is 11.9 Å². The van der Waals surface area contributed by atoms with Crippen molar-refractivity contribution in [3.63, 3.8) is 0 Å². The zero-order valence-corrected chi connectivity index (χ0v) is 14.5. The molecule has 6 heteroatoms. The molecule has 1 amide bonds. The van der Waals surface area contributed by atoms with Crippen LogP contribution in [0.25, 0.3) is 0 Å². The molecule has 132 valence electrons. The molecule has 0 bridgehead atoms. The van der Waals surface area contributed by atoms with Gasteiger partial charge in [0.1, 0.15) is 11.5 Å². The first-order chi connectivity index (χ1) is 12.0. The molecule has 0 aliphatic carbocycles. The van der Waals surface area contributed by atoms with E-state index in [1.54, 1.807) is 36.4 Å². The number of nitrogens with one attached hydrogen (secondary N) is 1. The number of ether oxygens (including phenoxy) is 3. The van der Waals surface area contributed by atoms with Crippen LogP contribution in [0.15, 0.2) is 42.5 Å². The van der Waals surface area contributed by atoms with Gasteiger partial charge in [0.2, 0.25) is 0 Å². The number of benzene rings is 2. The molecule has 0 fully saturated rings. The lowest BCUT2D eigenvalue weighted by Gasteiger charge is -2.11. The van der Waals surface area contributed by atoms with Crippen molar-refractivity contribution in [3.8, 4) is 11.5 Å². The third-order valence-electron chi connectivity index (χ3n) is 3.36. The molecule has 0 aliphatic rings. The van der Waals surface area contributed by atoms with Gasteiger partial charge in [-0.05, 0) is 55.8 Å². The lowest BCUT2D eigenvalue weighted by atomic mass is 10.2. The normalized spacial score (nSPS) is 10.0. The molecule has 2 aromatic carbocycles. The second kappa shape index (κ2) is 8.73. The average molecular weight is 343 g/mol. The largest absolute Gasteiger partial charge is 0.495 e. The van der Waals surface area contributed by atoms with Crippen LogP contribution in [-0.4, -0.2) is 32.2 Å². The van der Waals surface area contributed by atoms with Crippen LogP contribution in [0.1, 0.15) is 22.8 Å². The number of hydrogen-bond donors (Lipinski definition) is 1. The minimum absolute atomic E-state index is 0.351. The van der Waals surface area contributed by atoms with Crippen molar-refractivity contribution in [2.45, 2.75) is 13.8 Å². The van der Waals surface area contributed by atoms with Gasteiger partial charge in [-0.2, -0.15) is 0 Å². The van der Waals surface area contributed by atoms with Gasteiger partial charge in [-0.25, -0.2) is 4.79 Å². The highest BCUT2D eigenvalue weighted by molar-refractivity contribution is 5.96. The van der Waals surface area contributed by atoms with Gasteiger partial charge in [0.25, 0.3) is 5.91 Å². The molecule has 0 saturated carbocycles. The van der Waals surface area contributed by atoms with Crippen molar-refractivity contribution in [2.75, 3.05) is 25.6 Å². The average Bonchev–Trinajstić information content (AvgIpc) is 2.61. The summed E-state index contributed by atoms with van der Waals surface area (Å²) in [4.78, 5) is 24.0. The van der Waals surface area contributed by atoms with Gasteiger partial charge >= 0.3 is 5.97 Å². The Labute approximate surface area is 146 Å². The SMILES string of the molecule is CCOc1ccc(C(=O)OCC(=O)Nc2cc(C)ccc2OC)cc1. The highest BCUT2D eigenvalue weighted by Gasteiger charge is 2.12. The van der Waals surface area contributed by atoms with E-state index >= 15 is 0 Å². The zero-order chi connectivity index (χ0) is 18.2. The Kier molecular flexibility index (Phi) is 6.39. The van der Waals surface area contributed by atoms with Crippen molar-refractivity contribution in [2.24, 2.45) is 0 Å². The van der Waals surface area contributed by atoms with Crippen molar-refractivity contribution in [1.29, 1.82) is 0 Å². The summed E-state index contributed by atoms with van der Waals surface area (Å²) < 4.78 is 15.5. The maximum atomic E-state index is 12.0. The summed E-state index contributed by atoms with van der Waals surface area (Å²) in [6.07, 6.45) is 0. The Bertz CT molecular complexity index is 740. The van der Waals surface area contributed by atoms with E-state index in [-0.39, 0.29) is 6.61 Å². The molecule has 6 nitrogen and oxygen atoms in total. The Morgan fingerprint density at radius 2 is 1.80 bits per heavy atom. The van der Waals surface area contributed by atoms with Gasteiger partial charge in [0.15, 0.2) is 6.61 Å². The number of rotatable bonds is 7. The molecule has 0 atom stereocenters. The molecule has 1 N–H and O–H groups in total. The zero-order valence-electron chi connectivity index (χ0n) is 14.5. The van der Waals surface area contributed by atoms with Gasteiger partial charge < -0.3 is 19.5 Å². The number of amides is 1. The van der Waals surface area contributed by atoms with Crippen LogP contribution in [0.2, 0.25) is 0 Å². The number of carbonyl (C=O) groups excluding carboxylic acids is 2. The first-order valence-corrected chi connectivity index (χ1v) is 7.88. The molecule has 0 radical (unpaired) electrons. The summed E-state index contributed by atoms with van der Waals surface area (Å²) >= 11 is 0. The minimum atomic E-state index is -0.575.